The number of piperazine rings is 1. The van der Waals surface area contributed by atoms with Gasteiger partial charge in [0, 0.05) is 6.21 Å². The summed E-state index contributed by atoms with van der Waals surface area (Å²) in [5, 5.41) is 9.29. The van der Waals surface area contributed by atoms with E-state index in [1.54, 1.807) is 4.90 Å². The van der Waals surface area contributed by atoms with E-state index in [2.05, 4.69) is 27.9 Å². The van der Waals surface area contributed by atoms with Crippen molar-refractivity contribution in [1.82, 2.24) is 4.90 Å². The Morgan fingerprint density at radius 3 is 2.76 bits per heavy atom. The predicted molar refractivity (Wildman–Crippen MR) is 74.4 cm³/mol. The van der Waals surface area contributed by atoms with E-state index in [1.165, 1.54) is 6.21 Å². The Kier molecular flexibility index (Phi) is 4.93. The van der Waals surface area contributed by atoms with Gasteiger partial charge in [0.25, 0.3) is 0 Å². The molecule has 0 unspecified atom stereocenters. The lowest BCUT2D eigenvalue weighted by atomic mass is 10.2. The summed E-state index contributed by atoms with van der Waals surface area (Å²) < 4.78 is 6.20. The maximum atomic E-state index is 11.9. The normalized spacial score (nSPS) is 19.9. The molecule has 3 N–H and O–H groups in total. The van der Waals surface area contributed by atoms with Crippen LogP contribution in [-0.4, -0.2) is 42.4 Å². The van der Waals surface area contributed by atoms with Gasteiger partial charge in [0.1, 0.15) is 11.3 Å². The van der Waals surface area contributed by atoms with Gasteiger partial charge in [-0.2, -0.15) is 0 Å². The van der Waals surface area contributed by atoms with Gasteiger partial charge in [0.05, 0.1) is 23.2 Å². The fourth-order valence-electron chi connectivity index (χ4n) is 1.49. The monoisotopic (exact) mass is 352 g/mol. The summed E-state index contributed by atoms with van der Waals surface area (Å²) in [5.41, 5.74) is 0.564. The topological polar surface area (TPSA) is 70.0 Å². The van der Waals surface area contributed by atoms with Crippen LogP contribution in [0.5, 0.6) is 0 Å². The lowest BCUT2D eigenvalue weighted by molar-refractivity contribution is -0.615. The summed E-state index contributed by atoms with van der Waals surface area (Å²) in [7, 11) is 0. The third kappa shape index (κ3) is 4.63. The van der Waals surface area contributed by atoms with E-state index in [4.69, 9.17) is 10.1 Å². The van der Waals surface area contributed by atoms with Gasteiger partial charge in [0.2, 0.25) is 0 Å². The molecule has 1 rings (SSSR count). The third-order valence-electron chi connectivity index (χ3n) is 2.24. The van der Waals surface area contributed by atoms with Crippen LogP contribution in [0.1, 0.15) is 20.8 Å². The second-order valence-corrected chi connectivity index (χ2v) is 6.07. The largest absolute Gasteiger partial charge is 0.444 e. The van der Waals surface area contributed by atoms with E-state index in [1.807, 2.05) is 20.8 Å². The predicted octanol–water partition coefficient (Wildman–Crippen LogP) is 1.10. The first-order chi connectivity index (χ1) is 7.83. The highest BCUT2D eigenvalue weighted by Crippen LogP contribution is 2.13. The summed E-state index contributed by atoms with van der Waals surface area (Å²) >= 11 is 2.11. The molecule has 1 aliphatic rings. The van der Waals surface area contributed by atoms with Crippen LogP contribution in [0, 0.1) is 5.41 Å². The van der Waals surface area contributed by atoms with Crippen LogP contribution in [0.25, 0.3) is 0 Å². The summed E-state index contributed by atoms with van der Waals surface area (Å²) in [5.74, 6) is 0. The van der Waals surface area contributed by atoms with E-state index >= 15 is 0 Å². The third-order valence-corrected chi connectivity index (χ3v) is 3.24. The molecule has 1 amide bonds. The number of nitrogens with two attached hydrogens (primary N) is 1. The Morgan fingerprint density at radius 1 is 1.59 bits per heavy atom. The molecule has 1 saturated heterocycles. The van der Waals surface area contributed by atoms with E-state index < -0.39 is 5.60 Å². The summed E-state index contributed by atoms with van der Waals surface area (Å²) in [6, 6.07) is 0. The average molecular weight is 352 g/mol. The highest BCUT2D eigenvalue weighted by atomic mass is 127. The number of rotatable bonds is 1. The van der Waals surface area contributed by atoms with Gasteiger partial charge >= 0.3 is 6.09 Å². The molecule has 0 saturated carbocycles. The van der Waals surface area contributed by atoms with E-state index in [9.17, 15) is 4.79 Å². The molecule has 17 heavy (non-hydrogen) atoms. The average Bonchev–Trinajstić information content (AvgIpc) is 2.26. The van der Waals surface area contributed by atoms with E-state index in [0.29, 0.717) is 13.1 Å². The quantitative estimate of drug-likeness (QED) is 0.548. The minimum Gasteiger partial charge on any atom is -0.444 e. The van der Waals surface area contributed by atoms with Crippen molar-refractivity contribution >= 4 is 34.9 Å². The Hall–Kier alpha value is -0.630. The number of halogens is 1. The minimum absolute atomic E-state index is 0.280. The molecule has 96 valence electrons. The number of nitrogens with zero attached hydrogens (tertiary/aromatic N) is 1. The Bertz CT molecular complexity index is 347. The van der Waals surface area contributed by atoms with Crippen molar-refractivity contribution in [2.75, 3.05) is 19.6 Å². The second-order valence-electron chi connectivity index (χ2n) is 4.91. The van der Waals surface area contributed by atoms with Crippen LogP contribution in [0.3, 0.4) is 0 Å². The highest BCUT2D eigenvalue weighted by Gasteiger charge is 2.27. The van der Waals surface area contributed by atoms with E-state index in [0.717, 1.165) is 15.8 Å². The number of allylic oxidation sites excluding steroid dienone is 1. The van der Waals surface area contributed by atoms with Crippen molar-refractivity contribution < 1.29 is 14.8 Å². The molecule has 0 bridgehead atoms. The van der Waals surface area contributed by atoms with Crippen molar-refractivity contribution in [3.05, 3.63) is 9.28 Å². The van der Waals surface area contributed by atoms with Crippen molar-refractivity contribution in [2.45, 2.75) is 26.4 Å². The van der Waals surface area contributed by atoms with Gasteiger partial charge in [-0.05, 0) is 43.4 Å². The number of carbonyl (C=O) groups excluding carboxylic acids is 1. The molecular weight excluding hydrogens is 333 g/mol. The number of hydrogen-bond donors (Lipinski definition) is 2. The number of nitrogens with one attached hydrogen (secondary N) is 1. The molecule has 0 aromatic carbocycles. The van der Waals surface area contributed by atoms with Crippen molar-refractivity contribution in [3.63, 3.8) is 0 Å². The maximum absolute atomic E-state index is 11.9. The molecule has 5 nitrogen and oxygen atoms in total. The van der Waals surface area contributed by atoms with Crippen LogP contribution in [-0.2, 0) is 4.74 Å². The van der Waals surface area contributed by atoms with Crippen molar-refractivity contribution in [1.29, 1.82) is 5.41 Å². The number of carbonyl (C=O) groups is 1. The van der Waals surface area contributed by atoms with Crippen LogP contribution in [0.2, 0.25) is 0 Å². The van der Waals surface area contributed by atoms with Gasteiger partial charge in [-0.15, -0.1) is 0 Å². The molecule has 1 aliphatic heterocycles. The molecule has 0 aromatic rings. The van der Waals surface area contributed by atoms with E-state index in [-0.39, 0.29) is 6.09 Å². The molecule has 0 atom stereocenters. The number of ether oxygens (including phenoxy) is 1. The van der Waals surface area contributed by atoms with Gasteiger partial charge in [0.15, 0.2) is 0 Å². The Morgan fingerprint density at radius 2 is 2.24 bits per heavy atom. The summed E-state index contributed by atoms with van der Waals surface area (Å²) in [4.78, 5) is 13.6. The fraction of sp³-hybridized carbons (Fsp3) is 0.636. The molecule has 1 fully saturated rings. The van der Waals surface area contributed by atoms with Crippen molar-refractivity contribution in [3.8, 4) is 0 Å². The van der Waals surface area contributed by atoms with Gasteiger partial charge in [-0.1, -0.05) is 0 Å². The number of quaternary nitrogens is 1. The highest BCUT2D eigenvalue weighted by molar-refractivity contribution is 14.1. The zero-order chi connectivity index (χ0) is 13.1. The first-order valence-electron chi connectivity index (χ1n) is 5.54. The fourth-order valence-corrected chi connectivity index (χ4v) is 1.88. The lowest BCUT2D eigenvalue weighted by Crippen LogP contribution is -2.88. The molecule has 0 spiro atoms. The standard InChI is InChI=1S/C11H18IN3O2/c1-11(2,3)17-10(16)15-5-4-14-9(7-15)8(12)6-13/h6,13-14H,4-5,7H2,1-3H3/p+1. The van der Waals surface area contributed by atoms with Gasteiger partial charge in [-0.25, -0.2) is 4.79 Å². The smallest absolute Gasteiger partial charge is 0.410 e. The molecule has 0 aliphatic carbocycles. The lowest BCUT2D eigenvalue weighted by Gasteiger charge is -2.29. The Labute approximate surface area is 115 Å². The zero-order valence-corrected chi connectivity index (χ0v) is 12.6. The van der Waals surface area contributed by atoms with Gasteiger partial charge < -0.3 is 15.5 Å². The number of amides is 1. The minimum atomic E-state index is -0.461. The summed E-state index contributed by atoms with van der Waals surface area (Å²) in [6.45, 7) is 7.61. The molecule has 6 heteroatoms. The van der Waals surface area contributed by atoms with Crippen LogP contribution >= 0.6 is 22.6 Å². The van der Waals surface area contributed by atoms with Crippen molar-refractivity contribution in [2.24, 2.45) is 0 Å². The Balaban J connectivity index is 2.67. The molecule has 0 radical (unpaired) electrons. The maximum Gasteiger partial charge on any atom is 0.410 e. The first kappa shape index (κ1) is 14.4. The van der Waals surface area contributed by atoms with Gasteiger partial charge in [-0.3, -0.25) is 4.90 Å². The molecule has 0 aromatic heterocycles. The van der Waals surface area contributed by atoms with Crippen LogP contribution < -0.4 is 5.32 Å². The van der Waals surface area contributed by atoms with Crippen LogP contribution in [0.15, 0.2) is 9.28 Å². The summed E-state index contributed by atoms with van der Waals surface area (Å²) in [6.07, 6.45) is 1.03. The SMILES string of the molecule is CC(C)(C)OC(=O)N1CC[NH2+]C(=C(I)C=N)C1. The zero-order valence-electron chi connectivity index (χ0n) is 10.4. The number of hydrogen-bond acceptors (Lipinski definition) is 3. The molecule has 1 heterocycles. The van der Waals surface area contributed by atoms with Crippen LogP contribution in [0.4, 0.5) is 4.79 Å². The second kappa shape index (κ2) is 5.81. The first-order valence-corrected chi connectivity index (χ1v) is 6.61. The molecular formula is C11H19IN3O2+.